The van der Waals surface area contributed by atoms with E-state index >= 15 is 0 Å². The van der Waals surface area contributed by atoms with Crippen molar-refractivity contribution in [3.05, 3.63) is 53.3 Å². The van der Waals surface area contributed by atoms with Gasteiger partial charge < -0.3 is 15.4 Å². The molecule has 116 valence electrons. The van der Waals surface area contributed by atoms with Crippen molar-refractivity contribution in [1.82, 2.24) is 10.3 Å². The smallest absolute Gasteiger partial charge is 0.222 e. The van der Waals surface area contributed by atoms with E-state index in [1.165, 1.54) is 0 Å². The van der Waals surface area contributed by atoms with Gasteiger partial charge in [-0.2, -0.15) is 0 Å². The number of carbonyl (C=O) groups excluding carboxylic acids is 1. The topological polar surface area (TPSA) is 63.2 Å². The SMILES string of the molecule is COc1ccc(Cl)cc1NCCC(=O)NCc1cccnc1. The number of hydrogen-bond donors (Lipinski definition) is 2. The quantitative estimate of drug-likeness (QED) is 0.823. The summed E-state index contributed by atoms with van der Waals surface area (Å²) in [5.41, 5.74) is 1.75. The molecule has 0 saturated heterocycles. The second-order valence-corrected chi connectivity index (χ2v) is 5.10. The van der Waals surface area contributed by atoms with Gasteiger partial charge in [-0.05, 0) is 29.8 Å². The fourth-order valence-corrected chi connectivity index (χ4v) is 2.09. The maximum Gasteiger partial charge on any atom is 0.222 e. The minimum absolute atomic E-state index is 0.0302. The maximum absolute atomic E-state index is 11.8. The molecule has 0 radical (unpaired) electrons. The zero-order valence-corrected chi connectivity index (χ0v) is 13.1. The molecule has 0 atom stereocenters. The Kier molecular flexibility index (Phi) is 6.03. The van der Waals surface area contributed by atoms with Gasteiger partial charge in [0.1, 0.15) is 5.75 Å². The standard InChI is InChI=1S/C16H18ClN3O2/c1-22-15-5-4-13(17)9-14(15)19-8-6-16(21)20-11-12-3-2-7-18-10-12/h2-5,7,9-10,19H,6,8,11H2,1H3,(H,20,21). The highest BCUT2D eigenvalue weighted by atomic mass is 35.5. The number of ether oxygens (including phenoxy) is 1. The number of nitrogens with one attached hydrogen (secondary N) is 2. The molecule has 5 nitrogen and oxygen atoms in total. The molecule has 1 amide bonds. The van der Waals surface area contributed by atoms with Crippen molar-refractivity contribution in [1.29, 1.82) is 0 Å². The van der Waals surface area contributed by atoms with Crippen LogP contribution in [0.3, 0.4) is 0 Å². The van der Waals surface area contributed by atoms with E-state index in [0.717, 1.165) is 11.3 Å². The number of hydrogen-bond acceptors (Lipinski definition) is 4. The molecule has 0 aliphatic heterocycles. The van der Waals surface area contributed by atoms with Gasteiger partial charge in [-0.3, -0.25) is 9.78 Å². The van der Waals surface area contributed by atoms with Crippen molar-refractivity contribution in [3.63, 3.8) is 0 Å². The van der Waals surface area contributed by atoms with Crippen LogP contribution in [0.2, 0.25) is 5.02 Å². The van der Waals surface area contributed by atoms with E-state index in [1.807, 2.05) is 12.1 Å². The number of nitrogens with zero attached hydrogens (tertiary/aromatic N) is 1. The van der Waals surface area contributed by atoms with Crippen LogP contribution >= 0.6 is 11.6 Å². The van der Waals surface area contributed by atoms with Gasteiger partial charge in [-0.25, -0.2) is 0 Å². The first-order valence-corrected chi connectivity index (χ1v) is 7.30. The average molecular weight is 320 g/mol. The van der Waals surface area contributed by atoms with E-state index in [-0.39, 0.29) is 5.91 Å². The number of amides is 1. The van der Waals surface area contributed by atoms with Crippen LogP contribution < -0.4 is 15.4 Å². The van der Waals surface area contributed by atoms with E-state index in [1.54, 1.807) is 37.7 Å². The summed E-state index contributed by atoms with van der Waals surface area (Å²) in [4.78, 5) is 15.8. The van der Waals surface area contributed by atoms with Crippen LogP contribution in [0.4, 0.5) is 5.69 Å². The second kappa shape index (κ2) is 8.24. The Labute approximate surface area is 134 Å². The first-order chi connectivity index (χ1) is 10.7. The summed E-state index contributed by atoms with van der Waals surface area (Å²) < 4.78 is 5.23. The zero-order valence-electron chi connectivity index (χ0n) is 12.3. The van der Waals surface area contributed by atoms with Crippen molar-refractivity contribution in [2.24, 2.45) is 0 Å². The molecule has 0 aliphatic carbocycles. The summed E-state index contributed by atoms with van der Waals surface area (Å²) in [6, 6.07) is 9.07. The van der Waals surface area contributed by atoms with Crippen LogP contribution in [0.5, 0.6) is 5.75 Å². The monoisotopic (exact) mass is 319 g/mol. The molecule has 22 heavy (non-hydrogen) atoms. The van der Waals surface area contributed by atoms with Crippen molar-refractivity contribution in [2.45, 2.75) is 13.0 Å². The van der Waals surface area contributed by atoms with E-state index in [0.29, 0.717) is 30.3 Å². The van der Waals surface area contributed by atoms with Crippen molar-refractivity contribution < 1.29 is 9.53 Å². The molecule has 0 unspecified atom stereocenters. The predicted molar refractivity (Wildman–Crippen MR) is 87.2 cm³/mol. The number of carbonyl (C=O) groups is 1. The van der Waals surface area contributed by atoms with Gasteiger partial charge in [0.05, 0.1) is 12.8 Å². The number of anilines is 1. The molecule has 0 spiro atoms. The van der Waals surface area contributed by atoms with Crippen molar-refractivity contribution in [3.8, 4) is 5.75 Å². The molecule has 0 bridgehead atoms. The summed E-state index contributed by atoms with van der Waals surface area (Å²) in [6.45, 7) is 0.975. The predicted octanol–water partition coefficient (Wildman–Crippen LogP) is 2.86. The molecule has 1 aromatic carbocycles. The lowest BCUT2D eigenvalue weighted by Crippen LogP contribution is -2.24. The highest BCUT2D eigenvalue weighted by molar-refractivity contribution is 6.30. The Morgan fingerprint density at radius 2 is 2.23 bits per heavy atom. The van der Waals surface area contributed by atoms with E-state index in [9.17, 15) is 4.79 Å². The van der Waals surface area contributed by atoms with Crippen molar-refractivity contribution in [2.75, 3.05) is 19.0 Å². The minimum Gasteiger partial charge on any atom is -0.495 e. The van der Waals surface area contributed by atoms with Gasteiger partial charge in [0.15, 0.2) is 0 Å². The van der Waals surface area contributed by atoms with E-state index in [4.69, 9.17) is 16.3 Å². The molecule has 1 heterocycles. The van der Waals surface area contributed by atoms with Crippen LogP contribution in [0.25, 0.3) is 0 Å². The Morgan fingerprint density at radius 1 is 1.36 bits per heavy atom. The first kappa shape index (κ1) is 16.1. The lowest BCUT2D eigenvalue weighted by atomic mass is 10.2. The minimum atomic E-state index is -0.0302. The number of pyridine rings is 1. The molecule has 0 saturated carbocycles. The summed E-state index contributed by atoms with van der Waals surface area (Å²) in [5.74, 6) is 0.664. The summed E-state index contributed by atoms with van der Waals surface area (Å²) in [5, 5.41) is 6.62. The summed E-state index contributed by atoms with van der Waals surface area (Å²) in [7, 11) is 1.59. The zero-order chi connectivity index (χ0) is 15.8. The van der Waals surface area contributed by atoms with E-state index < -0.39 is 0 Å². The summed E-state index contributed by atoms with van der Waals surface area (Å²) in [6.07, 6.45) is 3.79. The van der Waals surface area contributed by atoms with Crippen molar-refractivity contribution >= 4 is 23.2 Å². The largest absolute Gasteiger partial charge is 0.495 e. The average Bonchev–Trinajstić information content (AvgIpc) is 2.54. The third-order valence-corrected chi connectivity index (χ3v) is 3.28. The molecule has 0 fully saturated rings. The number of rotatable bonds is 7. The third-order valence-electron chi connectivity index (χ3n) is 3.04. The number of methoxy groups -OCH3 is 1. The van der Waals surface area contributed by atoms with Gasteiger partial charge in [0.2, 0.25) is 5.91 Å². The van der Waals surface area contributed by atoms with Crippen LogP contribution in [-0.4, -0.2) is 24.5 Å². The lowest BCUT2D eigenvalue weighted by Gasteiger charge is -2.11. The molecule has 2 N–H and O–H groups in total. The summed E-state index contributed by atoms with van der Waals surface area (Å²) >= 11 is 5.95. The number of halogens is 1. The Bertz CT molecular complexity index is 620. The van der Waals surface area contributed by atoms with E-state index in [2.05, 4.69) is 15.6 Å². The van der Waals surface area contributed by atoms with Crippen LogP contribution in [0.15, 0.2) is 42.7 Å². The molecule has 2 aromatic rings. The Hall–Kier alpha value is -2.27. The lowest BCUT2D eigenvalue weighted by molar-refractivity contribution is -0.121. The fourth-order valence-electron chi connectivity index (χ4n) is 1.92. The number of aromatic nitrogens is 1. The van der Waals surface area contributed by atoms with Crippen LogP contribution in [0.1, 0.15) is 12.0 Å². The third kappa shape index (κ3) is 4.93. The highest BCUT2D eigenvalue weighted by Gasteiger charge is 2.05. The Morgan fingerprint density at radius 3 is 2.95 bits per heavy atom. The molecule has 1 aromatic heterocycles. The van der Waals surface area contributed by atoms with Gasteiger partial charge >= 0.3 is 0 Å². The van der Waals surface area contributed by atoms with Gasteiger partial charge in [0.25, 0.3) is 0 Å². The Balaban J connectivity index is 1.76. The fraction of sp³-hybridized carbons (Fsp3) is 0.250. The molecule has 2 rings (SSSR count). The van der Waals surface area contributed by atoms with Crippen LogP contribution in [0, 0.1) is 0 Å². The van der Waals surface area contributed by atoms with Crippen LogP contribution in [-0.2, 0) is 11.3 Å². The van der Waals surface area contributed by atoms with Gasteiger partial charge in [0, 0.05) is 36.9 Å². The highest BCUT2D eigenvalue weighted by Crippen LogP contribution is 2.27. The number of benzene rings is 1. The van der Waals surface area contributed by atoms with Gasteiger partial charge in [-0.15, -0.1) is 0 Å². The molecular formula is C16H18ClN3O2. The normalized spacial score (nSPS) is 10.1. The maximum atomic E-state index is 11.8. The second-order valence-electron chi connectivity index (χ2n) is 4.66. The first-order valence-electron chi connectivity index (χ1n) is 6.92. The molecule has 6 heteroatoms. The molecular weight excluding hydrogens is 302 g/mol. The van der Waals surface area contributed by atoms with Gasteiger partial charge in [-0.1, -0.05) is 17.7 Å². The molecule has 0 aliphatic rings.